The number of ether oxygens (including phenoxy) is 1. The van der Waals surface area contributed by atoms with Crippen molar-refractivity contribution in [1.82, 2.24) is 4.31 Å². The van der Waals surface area contributed by atoms with Gasteiger partial charge in [-0.15, -0.1) is 0 Å². The molecule has 6 heteroatoms. The van der Waals surface area contributed by atoms with Gasteiger partial charge in [0, 0.05) is 13.1 Å². The van der Waals surface area contributed by atoms with Crippen molar-refractivity contribution in [2.45, 2.75) is 26.2 Å². The summed E-state index contributed by atoms with van der Waals surface area (Å²) >= 11 is 0. The third kappa shape index (κ3) is 3.61. The zero-order valence-corrected chi connectivity index (χ0v) is 11.9. The first-order chi connectivity index (χ1) is 9.13. The second-order valence-electron chi connectivity index (χ2n) is 4.50. The van der Waals surface area contributed by atoms with Gasteiger partial charge in [0.25, 0.3) is 0 Å². The third-order valence-electron chi connectivity index (χ3n) is 3.08. The van der Waals surface area contributed by atoms with Crippen LogP contribution in [0.2, 0.25) is 0 Å². The summed E-state index contributed by atoms with van der Waals surface area (Å²) in [6, 6.07) is 7.09. The van der Waals surface area contributed by atoms with Gasteiger partial charge in [0.1, 0.15) is 5.75 Å². The van der Waals surface area contributed by atoms with Gasteiger partial charge in [-0.1, -0.05) is 18.6 Å². The zero-order chi connectivity index (χ0) is 13.7. The highest BCUT2D eigenvalue weighted by atomic mass is 32.2. The Labute approximate surface area is 114 Å². The highest BCUT2D eigenvalue weighted by molar-refractivity contribution is 7.90. The lowest BCUT2D eigenvalue weighted by molar-refractivity contribution is 0.340. The van der Waals surface area contributed by atoms with Crippen LogP contribution in [0.25, 0.3) is 0 Å². The highest BCUT2D eigenvalue weighted by Crippen LogP contribution is 2.26. The number of benzene rings is 1. The molecule has 1 saturated heterocycles. The fourth-order valence-electron chi connectivity index (χ4n) is 2.14. The summed E-state index contributed by atoms with van der Waals surface area (Å²) in [5.74, 6) is 0.561. The molecule has 1 aliphatic rings. The number of hydrogen-bond acceptors (Lipinski definition) is 3. The summed E-state index contributed by atoms with van der Waals surface area (Å²) in [5.41, 5.74) is 0.495. The van der Waals surface area contributed by atoms with E-state index >= 15 is 0 Å². The van der Waals surface area contributed by atoms with Gasteiger partial charge >= 0.3 is 10.2 Å². The van der Waals surface area contributed by atoms with E-state index in [0.717, 1.165) is 19.3 Å². The fraction of sp³-hybridized carbons (Fsp3) is 0.538. The van der Waals surface area contributed by atoms with Crippen molar-refractivity contribution in [3.05, 3.63) is 24.3 Å². The molecule has 0 saturated carbocycles. The normalized spacial score (nSPS) is 17.1. The van der Waals surface area contributed by atoms with E-state index in [-0.39, 0.29) is 0 Å². The molecule has 2 rings (SSSR count). The first-order valence-electron chi connectivity index (χ1n) is 6.63. The summed E-state index contributed by atoms with van der Waals surface area (Å²) < 4.78 is 34.1. The molecule has 0 unspecified atom stereocenters. The van der Waals surface area contributed by atoms with Crippen molar-refractivity contribution in [2.24, 2.45) is 0 Å². The summed E-state index contributed by atoms with van der Waals surface area (Å²) in [4.78, 5) is 0. The Morgan fingerprint density at radius 2 is 1.89 bits per heavy atom. The van der Waals surface area contributed by atoms with E-state index in [1.807, 2.05) is 13.0 Å². The van der Waals surface area contributed by atoms with Crippen molar-refractivity contribution in [3.63, 3.8) is 0 Å². The van der Waals surface area contributed by atoms with E-state index in [4.69, 9.17) is 4.74 Å². The summed E-state index contributed by atoms with van der Waals surface area (Å²) in [7, 11) is -3.47. The van der Waals surface area contributed by atoms with Gasteiger partial charge < -0.3 is 4.74 Å². The van der Waals surface area contributed by atoms with Gasteiger partial charge in [0.05, 0.1) is 12.3 Å². The molecule has 1 aromatic carbocycles. The first kappa shape index (κ1) is 14.1. The number of para-hydroxylation sites is 2. The molecule has 0 aromatic heterocycles. The molecule has 5 nitrogen and oxygen atoms in total. The summed E-state index contributed by atoms with van der Waals surface area (Å²) in [6.45, 7) is 3.55. The van der Waals surface area contributed by atoms with Crippen LogP contribution in [0.1, 0.15) is 26.2 Å². The Hall–Kier alpha value is -1.27. The Morgan fingerprint density at radius 1 is 1.21 bits per heavy atom. The van der Waals surface area contributed by atoms with Gasteiger partial charge in [-0.05, 0) is 31.9 Å². The van der Waals surface area contributed by atoms with Gasteiger partial charge in [-0.3, -0.25) is 4.72 Å². The second-order valence-corrected chi connectivity index (χ2v) is 6.17. The first-order valence-corrected chi connectivity index (χ1v) is 8.07. The van der Waals surface area contributed by atoms with Crippen LogP contribution in [0.15, 0.2) is 24.3 Å². The molecule has 0 bridgehead atoms. The standard InChI is InChI=1S/C13H20N2O3S/c1-2-18-13-9-5-4-8-12(13)14-19(16,17)15-10-6-3-7-11-15/h4-5,8-9,14H,2-3,6-7,10-11H2,1H3. The molecule has 106 valence electrons. The molecular formula is C13H20N2O3S. The number of hydrogen-bond donors (Lipinski definition) is 1. The van der Waals surface area contributed by atoms with Crippen LogP contribution in [0.4, 0.5) is 5.69 Å². The molecule has 1 fully saturated rings. The molecule has 0 atom stereocenters. The van der Waals surface area contributed by atoms with E-state index in [1.165, 1.54) is 4.31 Å². The van der Waals surface area contributed by atoms with E-state index in [2.05, 4.69) is 4.72 Å². The van der Waals surface area contributed by atoms with Gasteiger partial charge in [-0.2, -0.15) is 12.7 Å². The number of rotatable bonds is 5. The maximum Gasteiger partial charge on any atom is 0.301 e. The molecule has 1 aliphatic heterocycles. The molecule has 0 spiro atoms. The minimum absolute atomic E-state index is 0.495. The molecule has 0 amide bonds. The molecule has 1 N–H and O–H groups in total. The monoisotopic (exact) mass is 284 g/mol. The van der Waals surface area contributed by atoms with Gasteiger partial charge in [0.2, 0.25) is 0 Å². The zero-order valence-electron chi connectivity index (χ0n) is 11.1. The lowest BCUT2D eigenvalue weighted by Gasteiger charge is -2.26. The third-order valence-corrected chi connectivity index (χ3v) is 4.60. The number of nitrogens with one attached hydrogen (secondary N) is 1. The topological polar surface area (TPSA) is 58.6 Å². The number of piperidine rings is 1. The number of nitrogens with zero attached hydrogens (tertiary/aromatic N) is 1. The molecule has 19 heavy (non-hydrogen) atoms. The van der Waals surface area contributed by atoms with Crippen LogP contribution in [0.3, 0.4) is 0 Å². The van der Waals surface area contributed by atoms with E-state index in [0.29, 0.717) is 31.1 Å². The smallest absolute Gasteiger partial charge is 0.301 e. The summed E-state index contributed by atoms with van der Waals surface area (Å²) in [5, 5.41) is 0. The molecular weight excluding hydrogens is 264 g/mol. The van der Waals surface area contributed by atoms with E-state index < -0.39 is 10.2 Å². The average molecular weight is 284 g/mol. The molecule has 1 heterocycles. The van der Waals surface area contributed by atoms with Crippen molar-refractivity contribution in [2.75, 3.05) is 24.4 Å². The van der Waals surface area contributed by atoms with Crippen LogP contribution in [0, 0.1) is 0 Å². The van der Waals surface area contributed by atoms with Gasteiger partial charge in [0.15, 0.2) is 0 Å². The highest BCUT2D eigenvalue weighted by Gasteiger charge is 2.24. The average Bonchev–Trinajstić information content (AvgIpc) is 2.42. The predicted octanol–water partition coefficient (Wildman–Crippen LogP) is 2.23. The minimum atomic E-state index is -3.47. The van der Waals surface area contributed by atoms with Gasteiger partial charge in [-0.25, -0.2) is 0 Å². The van der Waals surface area contributed by atoms with Crippen LogP contribution in [-0.2, 0) is 10.2 Å². The second kappa shape index (κ2) is 6.25. The van der Waals surface area contributed by atoms with Crippen LogP contribution in [-0.4, -0.2) is 32.4 Å². The summed E-state index contributed by atoms with van der Waals surface area (Å²) in [6.07, 6.45) is 2.95. The maximum atomic E-state index is 12.3. The fourth-order valence-corrected chi connectivity index (χ4v) is 3.46. The Kier molecular flexibility index (Phi) is 4.66. The van der Waals surface area contributed by atoms with Crippen molar-refractivity contribution < 1.29 is 13.2 Å². The minimum Gasteiger partial charge on any atom is -0.492 e. The quantitative estimate of drug-likeness (QED) is 0.902. The van der Waals surface area contributed by atoms with Crippen molar-refractivity contribution in [3.8, 4) is 5.75 Å². The Balaban J connectivity index is 2.15. The Morgan fingerprint density at radius 3 is 2.58 bits per heavy atom. The van der Waals surface area contributed by atoms with Crippen molar-refractivity contribution in [1.29, 1.82) is 0 Å². The largest absolute Gasteiger partial charge is 0.492 e. The van der Waals surface area contributed by atoms with Crippen molar-refractivity contribution >= 4 is 15.9 Å². The molecule has 1 aromatic rings. The predicted molar refractivity (Wildman–Crippen MR) is 75.6 cm³/mol. The Bertz CT molecular complexity index is 510. The number of anilines is 1. The van der Waals surface area contributed by atoms with E-state index in [9.17, 15) is 8.42 Å². The molecule has 0 radical (unpaired) electrons. The molecule has 0 aliphatic carbocycles. The SMILES string of the molecule is CCOc1ccccc1NS(=O)(=O)N1CCCCC1. The van der Waals surface area contributed by atoms with Crippen LogP contribution < -0.4 is 9.46 Å². The maximum absolute atomic E-state index is 12.3. The van der Waals surface area contributed by atoms with E-state index in [1.54, 1.807) is 18.2 Å². The van der Waals surface area contributed by atoms with Crippen LogP contribution >= 0.6 is 0 Å². The van der Waals surface area contributed by atoms with Crippen LogP contribution in [0.5, 0.6) is 5.75 Å². The lowest BCUT2D eigenvalue weighted by atomic mass is 10.2. The lowest BCUT2D eigenvalue weighted by Crippen LogP contribution is -2.39.